The molecule has 1 fully saturated rings. The fourth-order valence-electron chi connectivity index (χ4n) is 3.22. The fraction of sp³-hybridized carbons (Fsp3) is 1.00. The van der Waals surface area contributed by atoms with Crippen LogP contribution < -0.4 is 5.32 Å². The summed E-state index contributed by atoms with van der Waals surface area (Å²) in [5.74, 6) is 0. The van der Waals surface area contributed by atoms with Crippen LogP contribution in [0.2, 0.25) is 0 Å². The van der Waals surface area contributed by atoms with Gasteiger partial charge in [0.25, 0.3) is 0 Å². The normalized spacial score (nSPS) is 19.4. The highest BCUT2D eigenvalue weighted by Crippen LogP contribution is 2.15. The molecule has 1 aliphatic heterocycles. The number of azide groups is 1. The van der Waals surface area contributed by atoms with Crippen LogP contribution in [-0.4, -0.2) is 18.6 Å². The first kappa shape index (κ1) is 18.3. The molecule has 21 heavy (non-hydrogen) atoms. The van der Waals surface area contributed by atoms with E-state index < -0.39 is 0 Å². The van der Waals surface area contributed by atoms with Gasteiger partial charge in [-0.05, 0) is 37.8 Å². The van der Waals surface area contributed by atoms with Crippen LogP contribution in [0.4, 0.5) is 0 Å². The van der Waals surface area contributed by atoms with Crippen LogP contribution in [0.15, 0.2) is 5.11 Å². The molecule has 0 bridgehead atoms. The summed E-state index contributed by atoms with van der Waals surface area (Å²) in [6.45, 7) is 3.24. The van der Waals surface area contributed by atoms with Crippen LogP contribution in [-0.2, 0) is 0 Å². The predicted molar refractivity (Wildman–Crippen MR) is 90.4 cm³/mol. The van der Waals surface area contributed by atoms with Crippen molar-refractivity contribution >= 4 is 0 Å². The van der Waals surface area contributed by atoms with Crippen molar-refractivity contribution in [1.82, 2.24) is 5.32 Å². The second-order valence-electron chi connectivity index (χ2n) is 6.61. The fourth-order valence-corrected chi connectivity index (χ4v) is 3.22. The molecule has 0 aliphatic carbocycles. The number of hydrogen-bond acceptors (Lipinski definition) is 2. The van der Waals surface area contributed by atoms with Gasteiger partial charge in [-0.2, -0.15) is 0 Å². The molecule has 1 aliphatic rings. The summed E-state index contributed by atoms with van der Waals surface area (Å²) < 4.78 is 0. The highest BCUT2D eigenvalue weighted by atomic mass is 15.1. The third-order valence-corrected chi connectivity index (χ3v) is 4.59. The molecular weight excluding hydrogens is 260 g/mol. The standard InChI is InChI=1S/C17H34N4/c1-16(20-21-18)12-9-7-5-3-2-4-6-8-10-13-17-14-11-15-19-17/h16-17,19H,2-15H2,1H3/t16-,17+/m1/s1. The van der Waals surface area contributed by atoms with Crippen molar-refractivity contribution in [3.05, 3.63) is 10.4 Å². The number of rotatable bonds is 13. The van der Waals surface area contributed by atoms with Gasteiger partial charge in [-0.25, -0.2) is 0 Å². The van der Waals surface area contributed by atoms with Gasteiger partial charge in [-0.1, -0.05) is 69.8 Å². The first-order chi connectivity index (χ1) is 10.3. The zero-order chi connectivity index (χ0) is 15.2. The van der Waals surface area contributed by atoms with Crippen molar-refractivity contribution in [3.8, 4) is 0 Å². The second kappa shape index (κ2) is 13.0. The van der Waals surface area contributed by atoms with Gasteiger partial charge < -0.3 is 5.32 Å². The van der Waals surface area contributed by atoms with E-state index in [0.717, 1.165) is 12.5 Å². The van der Waals surface area contributed by atoms with E-state index in [1.807, 2.05) is 6.92 Å². The van der Waals surface area contributed by atoms with Crippen molar-refractivity contribution < 1.29 is 0 Å². The highest BCUT2D eigenvalue weighted by Gasteiger charge is 2.12. The Morgan fingerprint density at radius 1 is 1.05 bits per heavy atom. The molecule has 0 spiro atoms. The molecular formula is C17H34N4. The second-order valence-corrected chi connectivity index (χ2v) is 6.61. The Bertz CT molecular complexity index is 281. The van der Waals surface area contributed by atoms with Crippen molar-refractivity contribution in [2.45, 2.75) is 102 Å². The molecule has 0 aromatic carbocycles. The molecule has 1 saturated heterocycles. The molecule has 0 unspecified atom stereocenters. The van der Waals surface area contributed by atoms with Crippen molar-refractivity contribution in [2.24, 2.45) is 5.11 Å². The molecule has 2 atom stereocenters. The lowest BCUT2D eigenvalue weighted by Gasteiger charge is -2.09. The minimum Gasteiger partial charge on any atom is -0.314 e. The van der Waals surface area contributed by atoms with Crippen LogP contribution in [0.25, 0.3) is 10.4 Å². The highest BCUT2D eigenvalue weighted by molar-refractivity contribution is 4.73. The van der Waals surface area contributed by atoms with Crippen LogP contribution in [0.3, 0.4) is 0 Å². The molecule has 4 nitrogen and oxygen atoms in total. The smallest absolute Gasteiger partial charge is 0.0345 e. The molecule has 0 aromatic rings. The maximum absolute atomic E-state index is 8.31. The molecule has 1 rings (SSSR count). The van der Waals surface area contributed by atoms with Crippen LogP contribution in [0.1, 0.15) is 90.4 Å². The van der Waals surface area contributed by atoms with E-state index in [1.165, 1.54) is 83.6 Å². The Balaban J connectivity index is 1.73. The monoisotopic (exact) mass is 294 g/mol. The van der Waals surface area contributed by atoms with E-state index in [4.69, 9.17) is 5.53 Å². The topological polar surface area (TPSA) is 60.8 Å². The summed E-state index contributed by atoms with van der Waals surface area (Å²) in [5, 5.41) is 7.28. The number of nitrogens with one attached hydrogen (secondary N) is 1. The average Bonchev–Trinajstić information content (AvgIpc) is 2.98. The molecule has 0 amide bonds. The summed E-state index contributed by atoms with van der Waals surface area (Å²) in [6, 6.07) is 1.00. The van der Waals surface area contributed by atoms with Gasteiger partial charge in [0.1, 0.15) is 0 Å². The van der Waals surface area contributed by atoms with E-state index in [-0.39, 0.29) is 6.04 Å². The SMILES string of the molecule is C[C@H](CCCCCCCCCCC[C@H]1CCCN1)N=[N+]=[N-]. The van der Waals surface area contributed by atoms with E-state index in [2.05, 4.69) is 15.3 Å². The Hall–Kier alpha value is -0.730. The van der Waals surface area contributed by atoms with Crippen molar-refractivity contribution in [1.29, 1.82) is 0 Å². The number of hydrogen-bond donors (Lipinski definition) is 1. The summed E-state index contributed by atoms with van der Waals surface area (Å²) >= 11 is 0. The van der Waals surface area contributed by atoms with Gasteiger partial charge in [0.05, 0.1) is 0 Å². The van der Waals surface area contributed by atoms with E-state index in [9.17, 15) is 0 Å². The lowest BCUT2D eigenvalue weighted by Crippen LogP contribution is -2.20. The number of nitrogens with zero attached hydrogens (tertiary/aromatic N) is 3. The first-order valence-electron chi connectivity index (χ1n) is 9.10. The number of unbranched alkanes of at least 4 members (excludes halogenated alkanes) is 8. The van der Waals surface area contributed by atoms with Gasteiger partial charge in [0.15, 0.2) is 0 Å². The molecule has 0 saturated carbocycles. The lowest BCUT2D eigenvalue weighted by atomic mass is 10.0. The molecule has 4 heteroatoms. The molecule has 1 heterocycles. The zero-order valence-electron chi connectivity index (χ0n) is 13.9. The third-order valence-electron chi connectivity index (χ3n) is 4.59. The van der Waals surface area contributed by atoms with Gasteiger partial charge in [-0.15, -0.1) is 0 Å². The van der Waals surface area contributed by atoms with E-state index >= 15 is 0 Å². The van der Waals surface area contributed by atoms with Gasteiger partial charge in [-0.3, -0.25) is 0 Å². The quantitative estimate of drug-likeness (QED) is 0.200. The molecule has 122 valence electrons. The van der Waals surface area contributed by atoms with Crippen LogP contribution >= 0.6 is 0 Å². The predicted octanol–water partition coefficient (Wildman–Crippen LogP) is 5.73. The van der Waals surface area contributed by atoms with Crippen LogP contribution in [0.5, 0.6) is 0 Å². The average molecular weight is 294 g/mol. The Morgan fingerprint density at radius 2 is 1.67 bits per heavy atom. The molecule has 0 aromatic heterocycles. The van der Waals surface area contributed by atoms with Crippen molar-refractivity contribution in [2.75, 3.05) is 6.54 Å². The Kier molecular flexibility index (Phi) is 11.3. The van der Waals surface area contributed by atoms with E-state index in [0.29, 0.717) is 0 Å². The van der Waals surface area contributed by atoms with Gasteiger partial charge in [0, 0.05) is 17.0 Å². The molecule has 0 radical (unpaired) electrons. The van der Waals surface area contributed by atoms with Crippen LogP contribution in [0, 0.1) is 0 Å². The zero-order valence-corrected chi connectivity index (χ0v) is 13.9. The minimum absolute atomic E-state index is 0.171. The summed E-state index contributed by atoms with van der Waals surface area (Å²) in [7, 11) is 0. The van der Waals surface area contributed by atoms with Gasteiger partial charge >= 0.3 is 0 Å². The lowest BCUT2D eigenvalue weighted by molar-refractivity contribution is 0.496. The molecule has 1 N–H and O–H groups in total. The summed E-state index contributed by atoms with van der Waals surface area (Å²) in [4.78, 5) is 2.85. The van der Waals surface area contributed by atoms with Gasteiger partial charge in [0.2, 0.25) is 0 Å². The van der Waals surface area contributed by atoms with Crippen molar-refractivity contribution in [3.63, 3.8) is 0 Å². The van der Waals surface area contributed by atoms with E-state index in [1.54, 1.807) is 0 Å². The largest absolute Gasteiger partial charge is 0.314 e. The minimum atomic E-state index is 0.171. The summed E-state index contributed by atoms with van der Waals surface area (Å²) in [5.41, 5.74) is 8.31. The Labute approximate surface area is 130 Å². The third kappa shape index (κ3) is 10.6. The maximum Gasteiger partial charge on any atom is 0.0345 e. The first-order valence-corrected chi connectivity index (χ1v) is 9.10. The maximum atomic E-state index is 8.31. The Morgan fingerprint density at radius 3 is 2.24 bits per heavy atom. The summed E-state index contributed by atoms with van der Waals surface area (Å²) in [6.07, 6.45) is 17.5.